The zero-order valence-corrected chi connectivity index (χ0v) is 13.9. The van der Waals surface area contributed by atoms with Crippen molar-refractivity contribution >= 4 is 11.6 Å². The Hall–Kier alpha value is -1.59. The molecule has 0 aromatic heterocycles. The van der Waals surface area contributed by atoms with Gasteiger partial charge in [-0.1, -0.05) is 25.3 Å². The highest BCUT2D eigenvalue weighted by atomic mass is 16.5. The molecule has 5 heteroatoms. The molecule has 1 heterocycles. The number of hydrogen-bond donors (Lipinski definition) is 2. The Balaban J connectivity index is 1.63. The third kappa shape index (κ3) is 3.85. The van der Waals surface area contributed by atoms with Crippen molar-refractivity contribution in [1.82, 2.24) is 10.2 Å². The molecule has 5 nitrogen and oxygen atoms in total. The molecule has 0 bridgehead atoms. The molecule has 1 saturated carbocycles. The molecule has 1 spiro atoms. The highest BCUT2D eigenvalue weighted by Crippen LogP contribution is 2.34. The van der Waals surface area contributed by atoms with E-state index in [9.17, 15) is 4.79 Å². The number of methoxy groups -OCH3 is 1. The number of nitrogens with one attached hydrogen (secondary N) is 2. The predicted octanol–water partition coefficient (Wildman–Crippen LogP) is 2.24. The van der Waals surface area contributed by atoms with Gasteiger partial charge in [0.15, 0.2) is 0 Å². The van der Waals surface area contributed by atoms with Crippen molar-refractivity contribution in [3.05, 3.63) is 24.3 Å². The number of ether oxygens (including phenoxy) is 1. The lowest BCUT2D eigenvalue weighted by molar-refractivity contribution is -0.120. The summed E-state index contributed by atoms with van der Waals surface area (Å²) < 4.78 is 5.21. The minimum absolute atomic E-state index is 0.0603. The lowest BCUT2D eigenvalue weighted by Gasteiger charge is -2.49. The van der Waals surface area contributed by atoms with Gasteiger partial charge in [0.25, 0.3) is 0 Å². The van der Waals surface area contributed by atoms with E-state index in [2.05, 4.69) is 15.5 Å². The van der Waals surface area contributed by atoms with Crippen LogP contribution >= 0.6 is 0 Å². The molecule has 1 amide bonds. The fourth-order valence-corrected chi connectivity index (χ4v) is 3.91. The highest BCUT2D eigenvalue weighted by molar-refractivity contribution is 5.92. The Morgan fingerprint density at radius 2 is 2.17 bits per heavy atom. The van der Waals surface area contributed by atoms with Crippen LogP contribution in [0.1, 0.15) is 32.1 Å². The van der Waals surface area contributed by atoms with Crippen LogP contribution in [0.25, 0.3) is 0 Å². The summed E-state index contributed by atoms with van der Waals surface area (Å²) in [5, 5.41) is 6.53. The number of hydrogen-bond acceptors (Lipinski definition) is 4. The van der Waals surface area contributed by atoms with E-state index < -0.39 is 0 Å². The molecule has 0 unspecified atom stereocenters. The van der Waals surface area contributed by atoms with Crippen molar-refractivity contribution in [3.8, 4) is 5.75 Å². The molecule has 1 aromatic carbocycles. The minimum atomic E-state index is 0.0603. The van der Waals surface area contributed by atoms with E-state index in [0.717, 1.165) is 31.1 Å². The van der Waals surface area contributed by atoms with Crippen LogP contribution in [-0.2, 0) is 4.79 Å². The van der Waals surface area contributed by atoms with E-state index in [4.69, 9.17) is 4.74 Å². The summed E-state index contributed by atoms with van der Waals surface area (Å²) in [4.78, 5) is 14.9. The molecule has 2 N–H and O–H groups in total. The third-order valence-corrected chi connectivity index (χ3v) is 5.16. The van der Waals surface area contributed by atoms with Crippen LogP contribution in [0.4, 0.5) is 5.69 Å². The van der Waals surface area contributed by atoms with Gasteiger partial charge in [-0.05, 0) is 25.0 Å². The van der Waals surface area contributed by atoms with Gasteiger partial charge in [0.2, 0.25) is 5.91 Å². The van der Waals surface area contributed by atoms with Crippen molar-refractivity contribution in [3.63, 3.8) is 0 Å². The first-order chi connectivity index (χ1) is 11.2. The zero-order chi connectivity index (χ0) is 16.1. The average molecular weight is 317 g/mol. The molecule has 126 valence electrons. The average Bonchev–Trinajstić information content (AvgIpc) is 2.58. The minimum Gasteiger partial charge on any atom is -0.497 e. The molecule has 2 fully saturated rings. The van der Waals surface area contributed by atoms with Crippen LogP contribution in [0.15, 0.2) is 24.3 Å². The SMILES string of the molecule is COc1cccc(NC(=O)CN2CCNCC23CCCCC3)c1. The number of anilines is 1. The molecule has 0 radical (unpaired) electrons. The normalized spacial score (nSPS) is 21.1. The maximum Gasteiger partial charge on any atom is 0.238 e. The summed E-state index contributed by atoms with van der Waals surface area (Å²) in [7, 11) is 1.63. The van der Waals surface area contributed by atoms with Gasteiger partial charge >= 0.3 is 0 Å². The standard InChI is InChI=1S/C18H27N3O2/c1-23-16-7-5-6-15(12-16)20-17(22)13-21-11-10-19-14-18(21)8-3-2-4-9-18/h5-7,12,19H,2-4,8-11,13-14H2,1H3,(H,20,22). The van der Waals surface area contributed by atoms with Gasteiger partial charge in [-0.2, -0.15) is 0 Å². The second-order valence-corrected chi connectivity index (χ2v) is 6.66. The van der Waals surface area contributed by atoms with E-state index >= 15 is 0 Å². The first-order valence-electron chi connectivity index (χ1n) is 8.62. The predicted molar refractivity (Wildman–Crippen MR) is 91.9 cm³/mol. The summed E-state index contributed by atoms with van der Waals surface area (Å²) in [5.74, 6) is 0.818. The topological polar surface area (TPSA) is 53.6 Å². The summed E-state index contributed by atoms with van der Waals surface area (Å²) in [6, 6.07) is 7.52. The van der Waals surface area contributed by atoms with Crippen LogP contribution in [0.2, 0.25) is 0 Å². The second kappa shape index (κ2) is 7.32. The van der Waals surface area contributed by atoms with Gasteiger partial charge < -0.3 is 15.4 Å². The quantitative estimate of drug-likeness (QED) is 0.894. The number of amides is 1. The summed E-state index contributed by atoms with van der Waals surface area (Å²) in [6.07, 6.45) is 6.27. The lowest BCUT2D eigenvalue weighted by atomic mass is 9.79. The van der Waals surface area contributed by atoms with E-state index in [1.165, 1.54) is 32.1 Å². The molecular formula is C18H27N3O2. The van der Waals surface area contributed by atoms with Gasteiger partial charge in [0.1, 0.15) is 5.75 Å². The molecule has 1 aliphatic heterocycles. The number of nitrogens with zero attached hydrogens (tertiary/aromatic N) is 1. The van der Waals surface area contributed by atoms with Gasteiger partial charge in [-0.25, -0.2) is 0 Å². The van der Waals surface area contributed by atoms with Crippen molar-refractivity contribution < 1.29 is 9.53 Å². The summed E-state index contributed by atoms with van der Waals surface area (Å²) >= 11 is 0. The molecule has 1 aliphatic carbocycles. The van der Waals surface area contributed by atoms with Crippen LogP contribution in [0.5, 0.6) is 5.75 Å². The molecule has 2 aliphatic rings. The number of carbonyl (C=O) groups is 1. The summed E-state index contributed by atoms with van der Waals surface area (Å²) in [5.41, 5.74) is 0.976. The zero-order valence-electron chi connectivity index (χ0n) is 13.9. The number of benzene rings is 1. The fourth-order valence-electron chi connectivity index (χ4n) is 3.91. The molecule has 23 heavy (non-hydrogen) atoms. The highest BCUT2D eigenvalue weighted by Gasteiger charge is 2.40. The molecule has 0 atom stereocenters. The third-order valence-electron chi connectivity index (χ3n) is 5.16. The number of carbonyl (C=O) groups excluding carboxylic acids is 1. The van der Waals surface area contributed by atoms with Gasteiger partial charge in [0, 0.05) is 36.9 Å². The molecule has 3 rings (SSSR count). The van der Waals surface area contributed by atoms with E-state index in [1.54, 1.807) is 7.11 Å². The molecule has 1 saturated heterocycles. The van der Waals surface area contributed by atoms with E-state index in [-0.39, 0.29) is 11.4 Å². The summed E-state index contributed by atoms with van der Waals surface area (Å²) in [6.45, 7) is 3.40. The van der Waals surface area contributed by atoms with Crippen molar-refractivity contribution in [2.45, 2.75) is 37.6 Å². The second-order valence-electron chi connectivity index (χ2n) is 6.66. The van der Waals surface area contributed by atoms with Crippen molar-refractivity contribution in [1.29, 1.82) is 0 Å². The first-order valence-corrected chi connectivity index (χ1v) is 8.62. The fraction of sp³-hybridized carbons (Fsp3) is 0.611. The van der Waals surface area contributed by atoms with Gasteiger partial charge in [-0.15, -0.1) is 0 Å². The van der Waals surface area contributed by atoms with Crippen LogP contribution < -0.4 is 15.4 Å². The largest absolute Gasteiger partial charge is 0.497 e. The maximum absolute atomic E-state index is 12.5. The van der Waals surface area contributed by atoms with Crippen LogP contribution in [0, 0.1) is 0 Å². The Labute approximate surface area is 138 Å². The Morgan fingerprint density at radius 3 is 2.96 bits per heavy atom. The first kappa shape index (κ1) is 16.3. The maximum atomic E-state index is 12.5. The number of rotatable bonds is 4. The van der Waals surface area contributed by atoms with Crippen molar-refractivity contribution in [2.24, 2.45) is 0 Å². The monoisotopic (exact) mass is 317 g/mol. The Kier molecular flexibility index (Phi) is 5.18. The van der Waals surface area contributed by atoms with Crippen molar-refractivity contribution in [2.75, 3.05) is 38.6 Å². The molecular weight excluding hydrogens is 290 g/mol. The van der Waals surface area contributed by atoms with Crippen LogP contribution in [0.3, 0.4) is 0 Å². The van der Waals surface area contributed by atoms with E-state index in [0.29, 0.717) is 6.54 Å². The van der Waals surface area contributed by atoms with E-state index in [1.807, 2.05) is 24.3 Å². The number of piperazine rings is 1. The smallest absolute Gasteiger partial charge is 0.238 e. The van der Waals surface area contributed by atoms with Crippen LogP contribution in [-0.4, -0.2) is 49.6 Å². The van der Waals surface area contributed by atoms with Gasteiger partial charge in [-0.3, -0.25) is 9.69 Å². The Bertz CT molecular complexity index is 533. The van der Waals surface area contributed by atoms with Gasteiger partial charge in [0.05, 0.1) is 13.7 Å². The lowest BCUT2D eigenvalue weighted by Crippen LogP contribution is -2.63. The molecule has 1 aromatic rings. The Morgan fingerprint density at radius 1 is 1.35 bits per heavy atom.